The van der Waals surface area contributed by atoms with Crippen molar-refractivity contribution in [3.8, 4) is 0 Å². The van der Waals surface area contributed by atoms with Crippen LogP contribution in [-0.4, -0.2) is 36.2 Å². The summed E-state index contributed by atoms with van der Waals surface area (Å²) in [6, 6.07) is 0. The molecule has 2 nitrogen and oxygen atoms in total. The van der Waals surface area contributed by atoms with Crippen LogP contribution in [0.15, 0.2) is 0 Å². The van der Waals surface area contributed by atoms with Crippen LogP contribution in [-0.2, 0) is 0 Å². The van der Waals surface area contributed by atoms with E-state index in [9.17, 15) is 5.11 Å². The summed E-state index contributed by atoms with van der Waals surface area (Å²) in [7, 11) is 0. The minimum atomic E-state index is 0.342. The Morgan fingerprint density at radius 3 is 0.651 bits per heavy atom. The maximum Gasteiger partial charge on any atom is 0.0443 e. The van der Waals surface area contributed by atoms with Gasteiger partial charge >= 0.3 is 0 Å². The maximum absolute atomic E-state index is 9.33. The van der Waals surface area contributed by atoms with E-state index < -0.39 is 0 Å². The molecular weight excluding hydrogens is 522 g/mol. The zero-order valence-corrected chi connectivity index (χ0v) is 30.5. The molecule has 0 aliphatic rings. The van der Waals surface area contributed by atoms with Crippen LogP contribution in [0.2, 0.25) is 0 Å². The quantitative estimate of drug-likeness (QED) is 0.0703. The van der Waals surface area contributed by atoms with Crippen molar-refractivity contribution in [3.63, 3.8) is 0 Å². The molecule has 0 aliphatic heterocycles. The molecule has 0 bridgehead atoms. The number of hydrogen-bond donors (Lipinski definition) is 1. The molecule has 0 heterocycles. The highest BCUT2D eigenvalue weighted by molar-refractivity contribution is 4.60. The van der Waals surface area contributed by atoms with Gasteiger partial charge in [0.1, 0.15) is 0 Å². The van der Waals surface area contributed by atoms with E-state index in [1.165, 1.54) is 231 Å². The first-order valence-electron chi connectivity index (χ1n) is 20.7. The van der Waals surface area contributed by atoms with Crippen LogP contribution in [0.3, 0.4) is 0 Å². The Morgan fingerprint density at radius 2 is 0.442 bits per heavy atom. The fourth-order valence-electron chi connectivity index (χ4n) is 6.75. The lowest BCUT2D eigenvalue weighted by Crippen LogP contribution is -2.27. The predicted octanol–water partition coefficient (Wildman–Crippen LogP) is 14.0. The number of nitrogens with zero attached hydrogens (tertiary/aromatic N) is 1. The van der Waals surface area contributed by atoms with Crippen molar-refractivity contribution in [2.24, 2.45) is 0 Å². The van der Waals surface area contributed by atoms with Gasteiger partial charge in [0.25, 0.3) is 0 Å². The van der Waals surface area contributed by atoms with Gasteiger partial charge in [0.15, 0.2) is 0 Å². The molecule has 0 unspecified atom stereocenters. The Kier molecular flexibility index (Phi) is 39.9. The highest BCUT2D eigenvalue weighted by atomic mass is 16.3. The minimum Gasteiger partial charge on any atom is -0.396 e. The van der Waals surface area contributed by atoms with Crippen molar-refractivity contribution in [1.29, 1.82) is 0 Å². The second-order valence-electron chi connectivity index (χ2n) is 14.2. The lowest BCUT2D eigenvalue weighted by molar-refractivity contribution is 0.217. The molecule has 2 heteroatoms. The fourth-order valence-corrected chi connectivity index (χ4v) is 6.75. The largest absolute Gasteiger partial charge is 0.396 e. The molecule has 0 aromatic heterocycles. The normalized spacial score (nSPS) is 11.7. The van der Waals surface area contributed by atoms with Crippen molar-refractivity contribution in [3.05, 3.63) is 0 Å². The summed E-state index contributed by atoms with van der Waals surface area (Å²) < 4.78 is 0. The van der Waals surface area contributed by atoms with Crippen LogP contribution in [0.4, 0.5) is 0 Å². The van der Waals surface area contributed by atoms with Gasteiger partial charge in [-0.2, -0.15) is 0 Å². The average Bonchev–Trinajstić information content (AvgIpc) is 3.02. The van der Waals surface area contributed by atoms with Crippen LogP contribution < -0.4 is 0 Å². The molecule has 0 rings (SSSR count). The van der Waals surface area contributed by atoms with E-state index in [1.54, 1.807) is 0 Å². The highest BCUT2D eigenvalue weighted by Gasteiger charge is 2.05. The monoisotopic (exact) mass is 608 g/mol. The summed E-state index contributed by atoms with van der Waals surface area (Å²) in [6.07, 6.45) is 50.0. The van der Waals surface area contributed by atoms with Crippen molar-refractivity contribution in [2.75, 3.05) is 26.2 Å². The number of rotatable bonds is 39. The molecule has 0 aromatic carbocycles. The zero-order valence-electron chi connectivity index (χ0n) is 30.5. The fraction of sp³-hybridized carbons (Fsp3) is 1.00. The van der Waals surface area contributed by atoms with Crippen molar-refractivity contribution in [2.45, 2.75) is 239 Å². The molecule has 0 saturated carbocycles. The Labute approximate surface area is 274 Å². The minimum absolute atomic E-state index is 0.342. The molecule has 0 spiro atoms. The van der Waals surface area contributed by atoms with Gasteiger partial charge in [-0.3, -0.25) is 0 Å². The topological polar surface area (TPSA) is 23.5 Å². The van der Waals surface area contributed by atoms with Gasteiger partial charge in [-0.25, -0.2) is 0 Å². The highest BCUT2D eigenvalue weighted by Crippen LogP contribution is 2.16. The second kappa shape index (κ2) is 39.9. The number of hydrogen-bond acceptors (Lipinski definition) is 2. The van der Waals surface area contributed by atoms with Crippen molar-refractivity contribution < 1.29 is 5.11 Å². The summed E-state index contributed by atoms with van der Waals surface area (Å²) in [5.74, 6) is 0. The molecule has 260 valence electrons. The van der Waals surface area contributed by atoms with Gasteiger partial charge in [-0.1, -0.05) is 219 Å². The summed E-state index contributed by atoms with van der Waals surface area (Å²) in [5.41, 5.74) is 0. The lowest BCUT2D eigenvalue weighted by Gasteiger charge is -2.22. The first-order valence-corrected chi connectivity index (χ1v) is 20.7. The van der Waals surface area contributed by atoms with Crippen molar-refractivity contribution in [1.82, 2.24) is 4.90 Å². The molecular formula is C41H85NO. The SMILES string of the molecule is CCCCCCCCCCCCCCCCCCCN(CCCO)CCCCCCCCCCCCCCCCCCC. The molecule has 0 saturated heterocycles. The van der Waals surface area contributed by atoms with E-state index in [0.717, 1.165) is 13.0 Å². The van der Waals surface area contributed by atoms with Gasteiger partial charge in [0, 0.05) is 13.2 Å². The second-order valence-corrected chi connectivity index (χ2v) is 14.2. The zero-order chi connectivity index (χ0) is 31.2. The third kappa shape index (κ3) is 38.0. The smallest absolute Gasteiger partial charge is 0.0443 e. The Hall–Kier alpha value is -0.0800. The third-order valence-corrected chi connectivity index (χ3v) is 9.79. The molecule has 43 heavy (non-hydrogen) atoms. The van der Waals surface area contributed by atoms with E-state index in [-0.39, 0.29) is 0 Å². The Bertz CT molecular complexity index is 429. The van der Waals surface area contributed by atoms with E-state index >= 15 is 0 Å². The number of aliphatic hydroxyl groups is 1. The van der Waals surface area contributed by atoms with Crippen LogP contribution in [0.25, 0.3) is 0 Å². The van der Waals surface area contributed by atoms with Gasteiger partial charge < -0.3 is 10.0 Å². The van der Waals surface area contributed by atoms with Crippen LogP contribution in [0.5, 0.6) is 0 Å². The molecule has 0 radical (unpaired) electrons. The summed E-state index contributed by atoms with van der Waals surface area (Å²) in [4.78, 5) is 2.65. The summed E-state index contributed by atoms with van der Waals surface area (Å²) in [5, 5.41) is 9.33. The maximum atomic E-state index is 9.33. The average molecular weight is 608 g/mol. The number of aliphatic hydroxyl groups excluding tert-OH is 1. The van der Waals surface area contributed by atoms with E-state index in [4.69, 9.17) is 0 Å². The van der Waals surface area contributed by atoms with Gasteiger partial charge in [-0.15, -0.1) is 0 Å². The summed E-state index contributed by atoms with van der Waals surface area (Å²) >= 11 is 0. The molecule has 0 amide bonds. The lowest BCUT2D eigenvalue weighted by atomic mass is 10.0. The van der Waals surface area contributed by atoms with Gasteiger partial charge in [0.2, 0.25) is 0 Å². The van der Waals surface area contributed by atoms with Crippen LogP contribution in [0.1, 0.15) is 239 Å². The first-order chi connectivity index (χ1) is 21.3. The Balaban J connectivity index is 3.43. The predicted molar refractivity (Wildman–Crippen MR) is 196 cm³/mol. The van der Waals surface area contributed by atoms with Gasteiger partial charge in [0.05, 0.1) is 0 Å². The molecule has 0 fully saturated rings. The van der Waals surface area contributed by atoms with Crippen LogP contribution in [0, 0.1) is 0 Å². The number of unbranched alkanes of at least 4 members (excludes halogenated alkanes) is 32. The van der Waals surface area contributed by atoms with Crippen LogP contribution >= 0.6 is 0 Å². The van der Waals surface area contributed by atoms with Crippen molar-refractivity contribution >= 4 is 0 Å². The van der Waals surface area contributed by atoms with E-state index in [2.05, 4.69) is 18.7 Å². The Morgan fingerprint density at radius 1 is 0.256 bits per heavy atom. The molecule has 0 aromatic rings. The summed E-state index contributed by atoms with van der Waals surface area (Å²) in [6.45, 7) is 8.54. The standard InChI is InChI=1S/C41H85NO/c1-3-5-7-9-11-13-15-17-19-21-23-25-27-29-31-33-35-38-42(40-37-41-43)39-36-34-32-30-28-26-24-22-20-18-16-14-12-10-8-6-4-2/h43H,3-41H2,1-2H3. The molecule has 0 aliphatic carbocycles. The van der Waals surface area contributed by atoms with E-state index in [1.807, 2.05) is 0 Å². The first kappa shape index (κ1) is 42.9. The van der Waals surface area contributed by atoms with E-state index in [0.29, 0.717) is 6.61 Å². The molecule has 0 atom stereocenters. The van der Waals surface area contributed by atoms with Gasteiger partial charge in [-0.05, 0) is 32.4 Å². The molecule has 1 N–H and O–H groups in total. The third-order valence-electron chi connectivity index (χ3n) is 9.79.